The number of nitrogens with zero attached hydrogens (tertiary/aromatic N) is 2. The molecule has 2 aromatic rings. The molecule has 2 aliphatic rings. The van der Waals surface area contributed by atoms with Crippen LogP contribution in [-0.2, 0) is 9.53 Å². The molecule has 2 aromatic heterocycles. The maximum absolute atomic E-state index is 12.5. The van der Waals surface area contributed by atoms with Crippen LogP contribution in [0, 0.1) is 0 Å². The molecular weight excluding hydrogens is 421 g/mol. The minimum absolute atomic E-state index is 0.00661. The first-order valence-corrected chi connectivity index (χ1v) is 9.52. The number of pyridine rings is 1. The fourth-order valence-corrected chi connectivity index (χ4v) is 3.60. The Morgan fingerprint density at radius 2 is 2.06 bits per heavy atom. The number of furan rings is 1. The Balaban J connectivity index is 0.000000339. The predicted molar refractivity (Wildman–Crippen MR) is 99.5 cm³/mol. The van der Waals surface area contributed by atoms with Gasteiger partial charge in [-0.15, -0.1) is 0 Å². The van der Waals surface area contributed by atoms with Crippen molar-refractivity contribution in [2.45, 2.75) is 37.1 Å². The van der Waals surface area contributed by atoms with Crippen LogP contribution < -0.4 is 4.74 Å². The summed E-state index contributed by atoms with van der Waals surface area (Å²) < 4.78 is 49.0. The summed E-state index contributed by atoms with van der Waals surface area (Å²) in [7, 11) is 0. The molecule has 1 N–H and O–H groups in total. The molecule has 2 unspecified atom stereocenters. The minimum atomic E-state index is -5.08. The second kappa shape index (κ2) is 9.38. The van der Waals surface area contributed by atoms with E-state index in [4.69, 9.17) is 23.8 Å². The van der Waals surface area contributed by atoms with Crippen molar-refractivity contribution in [1.29, 1.82) is 0 Å². The lowest BCUT2D eigenvalue weighted by atomic mass is 9.89. The van der Waals surface area contributed by atoms with E-state index >= 15 is 0 Å². The van der Waals surface area contributed by atoms with Gasteiger partial charge in [0.2, 0.25) is 0 Å². The Bertz CT molecular complexity index is 875. The Labute approximate surface area is 175 Å². The number of carboxylic acid groups (broad SMARTS) is 1. The lowest BCUT2D eigenvalue weighted by Crippen LogP contribution is -2.50. The summed E-state index contributed by atoms with van der Waals surface area (Å²) in [6.45, 7) is 1.86. The Morgan fingerprint density at radius 1 is 1.29 bits per heavy atom. The lowest BCUT2D eigenvalue weighted by Gasteiger charge is -2.39. The van der Waals surface area contributed by atoms with E-state index in [0.717, 1.165) is 31.6 Å². The molecule has 168 valence electrons. The molecule has 0 saturated carbocycles. The predicted octanol–water partition coefficient (Wildman–Crippen LogP) is 3.15. The molecule has 2 aliphatic heterocycles. The quantitative estimate of drug-likeness (QED) is 0.779. The number of piperidine rings is 1. The van der Waals surface area contributed by atoms with Gasteiger partial charge in [-0.1, -0.05) is 0 Å². The second-order valence-electron chi connectivity index (χ2n) is 7.24. The Hall–Kier alpha value is -3.08. The van der Waals surface area contributed by atoms with Crippen LogP contribution in [-0.4, -0.2) is 64.4 Å². The van der Waals surface area contributed by atoms with Crippen LogP contribution in [0.5, 0.6) is 5.75 Å². The lowest BCUT2D eigenvalue weighted by molar-refractivity contribution is -0.192. The summed E-state index contributed by atoms with van der Waals surface area (Å²) in [4.78, 5) is 27.3. The number of carboxylic acids is 1. The number of hydrogen-bond acceptors (Lipinski definition) is 6. The third-order valence-electron chi connectivity index (χ3n) is 4.91. The molecule has 1 spiro atoms. The van der Waals surface area contributed by atoms with Crippen molar-refractivity contribution >= 4 is 11.9 Å². The number of alkyl halides is 3. The molecule has 1 amide bonds. The number of carbonyl (C=O) groups excluding carboxylic acids is 1. The fourth-order valence-electron chi connectivity index (χ4n) is 3.60. The summed E-state index contributed by atoms with van der Waals surface area (Å²) in [6.07, 6.45) is 2.51. The first-order chi connectivity index (χ1) is 14.7. The van der Waals surface area contributed by atoms with Crippen molar-refractivity contribution in [2.75, 3.05) is 19.7 Å². The van der Waals surface area contributed by atoms with Gasteiger partial charge in [0.1, 0.15) is 11.9 Å². The zero-order valence-electron chi connectivity index (χ0n) is 16.4. The highest BCUT2D eigenvalue weighted by atomic mass is 19.4. The van der Waals surface area contributed by atoms with Crippen LogP contribution >= 0.6 is 0 Å². The van der Waals surface area contributed by atoms with E-state index in [0.29, 0.717) is 18.9 Å². The number of hydrogen-bond donors (Lipinski definition) is 1. The van der Waals surface area contributed by atoms with E-state index in [1.165, 1.54) is 6.26 Å². The van der Waals surface area contributed by atoms with Gasteiger partial charge in [0, 0.05) is 19.2 Å². The fraction of sp³-hybridized carbons (Fsp3) is 0.450. The third kappa shape index (κ3) is 5.97. The molecule has 11 heteroatoms. The van der Waals surface area contributed by atoms with Gasteiger partial charge in [-0.05, 0) is 37.1 Å². The molecule has 4 rings (SSSR count). The van der Waals surface area contributed by atoms with Crippen LogP contribution in [0.15, 0.2) is 47.3 Å². The van der Waals surface area contributed by atoms with Crippen LogP contribution in [0.1, 0.15) is 29.8 Å². The number of halogens is 3. The number of likely N-dealkylation sites (tertiary alicyclic amines) is 1. The summed E-state index contributed by atoms with van der Waals surface area (Å²) in [5.41, 5.74) is -0.312. The van der Waals surface area contributed by atoms with Crippen LogP contribution in [0.25, 0.3) is 0 Å². The summed E-state index contributed by atoms with van der Waals surface area (Å²) in [5, 5.41) is 7.12. The van der Waals surface area contributed by atoms with Crippen molar-refractivity contribution < 1.29 is 41.8 Å². The zero-order chi connectivity index (χ0) is 22.5. The smallest absolute Gasteiger partial charge is 0.486 e. The summed E-state index contributed by atoms with van der Waals surface area (Å²) >= 11 is 0. The van der Waals surface area contributed by atoms with Crippen molar-refractivity contribution in [2.24, 2.45) is 0 Å². The highest BCUT2D eigenvalue weighted by Gasteiger charge is 2.45. The van der Waals surface area contributed by atoms with E-state index in [9.17, 15) is 18.0 Å². The average molecular weight is 442 g/mol. The molecule has 4 heterocycles. The molecule has 31 heavy (non-hydrogen) atoms. The van der Waals surface area contributed by atoms with Crippen molar-refractivity contribution in [1.82, 2.24) is 9.88 Å². The summed E-state index contributed by atoms with van der Waals surface area (Å²) in [5.74, 6) is -1.69. The number of ether oxygens (including phenoxy) is 2. The number of carbonyl (C=O) groups is 2. The van der Waals surface area contributed by atoms with Crippen LogP contribution in [0.3, 0.4) is 0 Å². The topological polar surface area (TPSA) is 102 Å². The molecule has 2 saturated heterocycles. The molecule has 2 fully saturated rings. The molecular formula is C20H21F3N2O6. The van der Waals surface area contributed by atoms with Crippen molar-refractivity contribution in [3.8, 4) is 5.75 Å². The number of aliphatic carboxylic acids is 1. The van der Waals surface area contributed by atoms with Gasteiger partial charge in [-0.2, -0.15) is 13.2 Å². The van der Waals surface area contributed by atoms with Crippen LogP contribution in [0.4, 0.5) is 13.2 Å². The molecule has 0 bridgehead atoms. The van der Waals surface area contributed by atoms with Crippen molar-refractivity contribution in [3.05, 3.63) is 48.7 Å². The third-order valence-corrected chi connectivity index (χ3v) is 4.91. The van der Waals surface area contributed by atoms with Gasteiger partial charge in [0.25, 0.3) is 5.91 Å². The van der Waals surface area contributed by atoms with Gasteiger partial charge in [0.15, 0.2) is 5.76 Å². The first kappa shape index (κ1) is 22.6. The van der Waals surface area contributed by atoms with Gasteiger partial charge in [0.05, 0.1) is 31.2 Å². The van der Waals surface area contributed by atoms with Gasteiger partial charge in [-0.25, -0.2) is 4.79 Å². The van der Waals surface area contributed by atoms with E-state index in [-0.39, 0.29) is 17.6 Å². The van der Waals surface area contributed by atoms with Gasteiger partial charge < -0.3 is 23.9 Å². The highest BCUT2D eigenvalue weighted by Crippen LogP contribution is 2.36. The van der Waals surface area contributed by atoms with Gasteiger partial charge in [-0.3, -0.25) is 9.78 Å². The zero-order valence-corrected chi connectivity index (χ0v) is 16.4. The maximum atomic E-state index is 12.5. The molecule has 0 aliphatic carbocycles. The molecule has 0 aromatic carbocycles. The van der Waals surface area contributed by atoms with E-state index in [1.54, 1.807) is 24.5 Å². The number of aromatic nitrogens is 1. The minimum Gasteiger partial charge on any atom is -0.486 e. The maximum Gasteiger partial charge on any atom is 0.490 e. The average Bonchev–Trinajstić information content (AvgIpc) is 3.39. The summed E-state index contributed by atoms with van der Waals surface area (Å²) in [6, 6.07) is 7.18. The number of amides is 1. The standard InChI is InChI=1S/C18H20N2O4.C2HF3O2/c21-17(16-5-2-9-22-16)20-8-3-6-18(13-20)10-15(12-23-18)24-14-4-1-7-19-11-14;3-2(4,5)1(6)7/h1-2,4-5,7,9,11,15H,3,6,8,10,12-13H2;(H,6,7). The Morgan fingerprint density at radius 3 is 2.68 bits per heavy atom. The van der Waals surface area contributed by atoms with E-state index < -0.39 is 12.1 Å². The van der Waals surface area contributed by atoms with Crippen LogP contribution in [0.2, 0.25) is 0 Å². The van der Waals surface area contributed by atoms with E-state index in [2.05, 4.69) is 4.98 Å². The normalized spacial score (nSPS) is 23.2. The number of rotatable bonds is 3. The highest BCUT2D eigenvalue weighted by molar-refractivity contribution is 5.91. The second-order valence-corrected chi connectivity index (χ2v) is 7.24. The van der Waals surface area contributed by atoms with Crippen molar-refractivity contribution in [3.63, 3.8) is 0 Å². The molecule has 8 nitrogen and oxygen atoms in total. The SMILES string of the molecule is O=C(O)C(F)(F)F.O=C(c1ccco1)N1CCCC2(CC(Oc3cccnc3)CO2)C1. The Kier molecular flexibility index (Phi) is 6.84. The largest absolute Gasteiger partial charge is 0.490 e. The van der Waals surface area contributed by atoms with E-state index in [1.807, 2.05) is 17.0 Å². The molecule has 2 atom stereocenters. The molecule has 0 radical (unpaired) electrons. The van der Waals surface area contributed by atoms with Gasteiger partial charge >= 0.3 is 12.1 Å². The first-order valence-electron chi connectivity index (χ1n) is 9.52. The monoisotopic (exact) mass is 442 g/mol.